The van der Waals surface area contributed by atoms with Crippen molar-refractivity contribution >= 4 is 69.8 Å². The second-order valence-corrected chi connectivity index (χ2v) is 19.0. The van der Waals surface area contributed by atoms with Crippen LogP contribution in [0, 0.1) is 5.82 Å². The van der Waals surface area contributed by atoms with Gasteiger partial charge in [0.15, 0.2) is 0 Å². The molecule has 0 radical (unpaired) electrons. The van der Waals surface area contributed by atoms with Crippen molar-refractivity contribution in [1.82, 2.24) is 25.8 Å². The van der Waals surface area contributed by atoms with Crippen molar-refractivity contribution in [2.24, 2.45) is 0 Å². The number of halogens is 3. The molecule has 4 aromatic carbocycles. The number of hydrogen-bond donors (Lipinski definition) is 7. The highest BCUT2D eigenvalue weighted by molar-refractivity contribution is 6.31. The molecule has 0 bridgehead atoms. The van der Waals surface area contributed by atoms with E-state index < -0.39 is 52.8 Å². The number of carbonyl (C=O) groups excluding carboxylic acids is 5. The van der Waals surface area contributed by atoms with Crippen LogP contribution in [0.15, 0.2) is 78.9 Å². The maximum Gasteiger partial charge on any atom is 0.255 e. The molecule has 4 aromatic rings. The van der Waals surface area contributed by atoms with Crippen LogP contribution in [0.4, 0.5) is 21.5 Å². The number of imide groups is 1. The topological polar surface area (TPSA) is 184 Å². The Morgan fingerprint density at radius 3 is 2.48 bits per heavy atom. The van der Waals surface area contributed by atoms with Gasteiger partial charge in [0.2, 0.25) is 23.6 Å². The maximum atomic E-state index is 16.3. The lowest BCUT2D eigenvalue weighted by molar-refractivity contribution is -0.137. The van der Waals surface area contributed by atoms with Gasteiger partial charge >= 0.3 is 0 Å². The third kappa shape index (κ3) is 7.46. The van der Waals surface area contributed by atoms with E-state index in [4.69, 9.17) is 23.2 Å². The van der Waals surface area contributed by atoms with Gasteiger partial charge in [-0.15, -0.1) is 0 Å². The fourth-order valence-electron chi connectivity index (χ4n) is 11.4. The summed E-state index contributed by atoms with van der Waals surface area (Å²) in [6.07, 6.45) is 3.37. The summed E-state index contributed by atoms with van der Waals surface area (Å²) in [6, 6.07) is 20.8. The zero-order chi connectivity index (χ0) is 45.2. The van der Waals surface area contributed by atoms with E-state index in [0.29, 0.717) is 72.0 Å². The van der Waals surface area contributed by atoms with Gasteiger partial charge in [-0.3, -0.25) is 44.8 Å². The molecule has 6 aliphatic rings. The Hall–Kier alpha value is -5.42. The summed E-state index contributed by atoms with van der Waals surface area (Å²) in [5, 5.41) is 30.2. The number of amides is 5. The van der Waals surface area contributed by atoms with E-state index in [9.17, 15) is 29.1 Å². The number of hydrogen-bond acceptors (Lipinski definition) is 10. The average molecular weight is 924 g/mol. The van der Waals surface area contributed by atoms with Crippen molar-refractivity contribution in [2.45, 2.75) is 92.7 Å². The number of nitrogens with zero attached hydrogens (tertiary/aromatic N) is 2. The number of piperidine rings is 1. The molecule has 17 heteroatoms. The van der Waals surface area contributed by atoms with Crippen molar-refractivity contribution in [1.29, 1.82) is 0 Å². The third-order valence-corrected chi connectivity index (χ3v) is 15.0. The molecule has 5 atom stereocenters. The molecule has 338 valence electrons. The molecule has 65 heavy (non-hydrogen) atoms. The van der Waals surface area contributed by atoms with E-state index >= 15 is 4.39 Å². The second-order valence-electron chi connectivity index (χ2n) is 18.1. The summed E-state index contributed by atoms with van der Waals surface area (Å²) in [7, 11) is 0. The first-order chi connectivity index (χ1) is 31.4. The molecular weight excluding hydrogens is 874 g/mol. The van der Waals surface area contributed by atoms with Crippen LogP contribution in [0.5, 0.6) is 0 Å². The monoisotopic (exact) mass is 922 g/mol. The zero-order valence-electron chi connectivity index (χ0n) is 35.4. The fourth-order valence-corrected chi connectivity index (χ4v) is 11.8. The van der Waals surface area contributed by atoms with Gasteiger partial charge in [0, 0.05) is 83.8 Å². The molecule has 7 N–H and O–H groups in total. The number of benzene rings is 4. The lowest BCUT2D eigenvalue weighted by Crippen LogP contribution is -2.60. The Labute approximate surface area is 385 Å². The average Bonchev–Trinajstić information content (AvgIpc) is 3.87. The lowest BCUT2D eigenvalue weighted by atomic mass is 9.55. The molecule has 0 aromatic heterocycles. The SMILES string of the molecule is O=C1CCC(N2Cc3c(NC4CN(CCNC(O)c5ccc(NC(=O)[C@@H]6NC7(CCCCC7)[C@@]7(C(=O)Nc8cc(Cl)ccc87)[C@H]6c6cccc(Cl)c6F)cc5)C4)cccc3C2=O)C(=O)N1. The highest BCUT2D eigenvalue weighted by Gasteiger charge is 2.72. The van der Waals surface area contributed by atoms with E-state index in [2.05, 4.69) is 36.8 Å². The van der Waals surface area contributed by atoms with Crippen LogP contribution in [0.1, 0.15) is 89.7 Å². The molecule has 3 saturated heterocycles. The Kier molecular flexibility index (Phi) is 11.4. The molecule has 5 amide bonds. The summed E-state index contributed by atoms with van der Waals surface area (Å²) in [4.78, 5) is 70.4. The van der Waals surface area contributed by atoms with Gasteiger partial charge in [-0.25, -0.2) is 4.39 Å². The van der Waals surface area contributed by atoms with E-state index in [-0.39, 0.29) is 40.8 Å². The lowest BCUT2D eigenvalue weighted by Gasteiger charge is -2.47. The van der Waals surface area contributed by atoms with Crippen molar-refractivity contribution in [3.05, 3.63) is 123 Å². The number of fused-ring (bicyclic) bond motifs is 4. The number of carbonyl (C=O) groups is 5. The highest BCUT2D eigenvalue weighted by atomic mass is 35.5. The minimum absolute atomic E-state index is 0.0988. The van der Waals surface area contributed by atoms with Gasteiger partial charge in [0.05, 0.1) is 17.1 Å². The number of likely N-dealkylation sites (tertiary alicyclic amines) is 1. The first-order valence-corrected chi connectivity index (χ1v) is 23.0. The van der Waals surface area contributed by atoms with Crippen LogP contribution in [0.2, 0.25) is 10.0 Å². The van der Waals surface area contributed by atoms with Crippen LogP contribution in [0.25, 0.3) is 0 Å². The quantitative estimate of drug-likeness (QED) is 0.0744. The van der Waals surface area contributed by atoms with Crippen LogP contribution in [-0.2, 0) is 31.1 Å². The smallest absolute Gasteiger partial charge is 0.255 e. The van der Waals surface area contributed by atoms with Gasteiger partial charge < -0.3 is 26.0 Å². The van der Waals surface area contributed by atoms with Crippen molar-refractivity contribution < 1.29 is 33.5 Å². The van der Waals surface area contributed by atoms with Crippen molar-refractivity contribution in [3.63, 3.8) is 0 Å². The standard InChI is InChI=1S/C48H49Cl2FN8O6/c49-27-12-15-33-36(22-27)55-46(65)48(33)39(31-7-4-8-34(50)40(31)51)41(57-47(48)18-2-1-3-19-47)44(63)54-28-13-10-26(11-14-28)42(61)52-20-21-58-23-29(24-58)53-35-9-5-6-30-32(35)25-59(45(30)64)37-16-17-38(60)56-43(37)62/h4-15,22,29,37,39,41-42,52-53,57,61H,1-3,16-21,23-25H2,(H,54,63)(H,55,65)(H,56,60,62)/t37?,39-,41+,42?,48+/m0/s1. The molecule has 14 nitrogen and oxygen atoms in total. The minimum Gasteiger partial charge on any atom is -0.379 e. The van der Waals surface area contributed by atoms with Crippen LogP contribution in [0.3, 0.4) is 0 Å². The number of aliphatic hydroxyl groups is 1. The normalized spacial score (nSPS) is 25.3. The van der Waals surface area contributed by atoms with Gasteiger partial charge in [-0.1, -0.05) is 78.9 Å². The number of nitrogens with one attached hydrogen (secondary N) is 6. The van der Waals surface area contributed by atoms with Gasteiger partial charge in [0.1, 0.15) is 23.5 Å². The first kappa shape index (κ1) is 43.5. The Morgan fingerprint density at radius 2 is 1.71 bits per heavy atom. The Bertz CT molecular complexity index is 2600. The number of aliphatic hydroxyl groups excluding tert-OH is 1. The molecule has 2 spiro atoms. The van der Waals surface area contributed by atoms with Gasteiger partial charge in [-0.05, 0) is 78.4 Å². The minimum atomic E-state index is -1.35. The molecule has 5 heterocycles. The predicted octanol–water partition coefficient (Wildman–Crippen LogP) is 5.56. The molecule has 4 fully saturated rings. The molecule has 1 aliphatic carbocycles. The van der Waals surface area contributed by atoms with E-state index in [1.165, 1.54) is 6.07 Å². The van der Waals surface area contributed by atoms with Crippen LogP contribution in [-0.4, -0.2) is 94.3 Å². The third-order valence-electron chi connectivity index (χ3n) is 14.5. The van der Waals surface area contributed by atoms with E-state index in [0.717, 1.165) is 43.6 Å². The summed E-state index contributed by atoms with van der Waals surface area (Å²) >= 11 is 12.8. The molecule has 10 rings (SSSR count). The van der Waals surface area contributed by atoms with Crippen LogP contribution >= 0.6 is 23.2 Å². The van der Waals surface area contributed by atoms with Crippen molar-refractivity contribution in [3.8, 4) is 0 Å². The number of rotatable bonds is 11. The molecule has 1 saturated carbocycles. The fraction of sp³-hybridized carbons (Fsp3) is 0.396. The summed E-state index contributed by atoms with van der Waals surface area (Å²) in [5.74, 6) is -3.34. The molecular formula is C48H49Cl2FN8O6. The van der Waals surface area contributed by atoms with Crippen molar-refractivity contribution in [2.75, 3.05) is 42.1 Å². The van der Waals surface area contributed by atoms with E-state index in [1.807, 2.05) is 18.2 Å². The predicted molar refractivity (Wildman–Crippen MR) is 243 cm³/mol. The van der Waals surface area contributed by atoms with Gasteiger partial charge in [0.25, 0.3) is 5.91 Å². The first-order valence-electron chi connectivity index (χ1n) is 22.3. The molecule has 5 aliphatic heterocycles. The second kappa shape index (κ2) is 17.1. The summed E-state index contributed by atoms with van der Waals surface area (Å²) < 4.78 is 16.3. The number of anilines is 3. The zero-order valence-corrected chi connectivity index (χ0v) is 36.9. The largest absolute Gasteiger partial charge is 0.379 e. The Morgan fingerprint density at radius 1 is 0.938 bits per heavy atom. The summed E-state index contributed by atoms with van der Waals surface area (Å²) in [6.45, 7) is 3.00. The van der Waals surface area contributed by atoms with Crippen LogP contribution < -0.4 is 31.9 Å². The highest BCUT2D eigenvalue weighted by Crippen LogP contribution is 2.63. The van der Waals surface area contributed by atoms with E-state index in [1.54, 1.807) is 59.5 Å². The maximum absolute atomic E-state index is 16.3. The van der Waals surface area contributed by atoms with Gasteiger partial charge in [-0.2, -0.15) is 0 Å². The summed E-state index contributed by atoms with van der Waals surface area (Å²) in [5.41, 5.74) is 2.52. The Balaban J connectivity index is 0.769. The molecule has 2 unspecified atom stereocenters.